The molecule has 3 amide bonds. The van der Waals surface area contributed by atoms with E-state index in [2.05, 4.69) is 10.2 Å². The molecule has 2 aliphatic heterocycles. The highest BCUT2D eigenvalue weighted by Crippen LogP contribution is 2.20. The molecule has 1 aromatic rings. The molecule has 0 aliphatic carbocycles. The third-order valence-corrected chi connectivity index (χ3v) is 5.83. The van der Waals surface area contributed by atoms with Gasteiger partial charge in [-0.15, -0.1) is 0 Å². The topological polar surface area (TPSA) is 82.2 Å². The maximum Gasteiger partial charge on any atom is 0.410 e. The maximum absolute atomic E-state index is 12.6. The first-order chi connectivity index (χ1) is 15.1. The van der Waals surface area contributed by atoms with Crippen LogP contribution < -0.4 is 5.32 Å². The Labute approximate surface area is 190 Å². The number of aryl methyl sites for hydroxylation is 1. The van der Waals surface area contributed by atoms with Gasteiger partial charge in [0.25, 0.3) is 0 Å². The van der Waals surface area contributed by atoms with E-state index in [1.165, 1.54) is 5.56 Å². The van der Waals surface area contributed by atoms with Crippen LogP contribution in [-0.4, -0.2) is 84.0 Å². The van der Waals surface area contributed by atoms with Crippen LogP contribution in [0.25, 0.3) is 0 Å². The fourth-order valence-corrected chi connectivity index (χ4v) is 3.98. The van der Waals surface area contributed by atoms with Crippen LogP contribution in [0.5, 0.6) is 0 Å². The van der Waals surface area contributed by atoms with E-state index in [-0.39, 0.29) is 30.2 Å². The number of nitrogens with zero attached hydrogens (tertiary/aromatic N) is 3. The minimum Gasteiger partial charge on any atom is -0.444 e. The number of rotatable bonds is 6. The van der Waals surface area contributed by atoms with Gasteiger partial charge in [0.15, 0.2) is 0 Å². The number of piperazine rings is 1. The SMILES string of the molecule is Cc1ccc(CN2CC(C(=O)NCCN3CCN(C(=O)OC(C)(C)C)CC3)CC2=O)cc1. The highest BCUT2D eigenvalue weighted by atomic mass is 16.6. The van der Waals surface area contributed by atoms with Gasteiger partial charge >= 0.3 is 6.09 Å². The van der Waals surface area contributed by atoms with E-state index in [0.717, 1.165) is 25.2 Å². The first-order valence-electron chi connectivity index (χ1n) is 11.4. The molecule has 0 radical (unpaired) electrons. The molecule has 2 heterocycles. The molecule has 0 aromatic heterocycles. The van der Waals surface area contributed by atoms with Crippen LogP contribution in [-0.2, 0) is 20.9 Å². The summed E-state index contributed by atoms with van der Waals surface area (Å²) in [5.41, 5.74) is 1.77. The first kappa shape index (κ1) is 24.0. The molecule has 0 spiro atoms. The molecular weight excluding hydrogens is 408 g/mol. The number of hydrogen-bond donors (Lipinski definition) is 1. The molecule has 2 saturated heterocycles. The average Bonchev–Trinajstić information content (AvgIpc) is 3.09. The normalized spacial score (nSPS) is 19.9. The summed E-state index contributed by atoms with van der Waals surface area (Å²) in [6.07, 6.45) is -0.00162. The van der Waals surface area contributed by atoms with Gasteiger partial charge in [-0.2, -0.15) is 0 Å². The van der Waals surface area contributed by atoms with Gasteiger partial charge in [-0.3, -0.25) is 14.5 Å². The molecule has 2 fully saturated rings. The van der Waals surface area contributed by atoms with E-state index >= 15 is 0 Å². The molecule has 2 aliphatic rings. The first-order valence-corrected chi connectivity index (χ1v) is 11.4. The summed E-state index contributed by atoms with van der Waals surface area (Å²) in [4.78, 5) is 42.8. The molecular formula is C24H36N4O4. The van der Waals surface area contributed by atoms with Crippen LogP contribution in [0.4, 0.5) is 4.79 Å². The molecule has 32 heavy (non-hydrogen) atoms. The Morgan fingerprint density at radius 3 is 2.38 bits per heavy atom. The van der Waals surface area contributed by atoms with Gasteiger partial charge in [-0.1, -0.05) is 29.8 Å². The van der Waals surface area contributed by atoms with E-state index < -0.39 is 5.60 Å². The minimum atomic E-state index is -0.490. The zero-order valence-electron chi connectivity index (χ0n) is 19.7. The van der Waals surface area contributed by atoms with E-state index in [9.17, 15) is 14.4 Å². The van der Waals surface area contributed by atoms with Crippen LogP contribution in [0, 0.1) is 12.8 Å². The molecule has 176 valence electrons. The van der Waals surface area contributed by atoms with Crippen molar-refractivity contribution in [3.8, 4) is 0 Å². The number of carbonyl (C=O) groups excluding carboxylic acids is 3. The Morgan fingerprint density at radius 2 is 1.75 bits per heavy atom. The van der Waals surface area contributed by atoms with Crippen LogP contribution in [0.2, 0.25) is 0 Å². The van der Waals surface area contributed by atoms with Crippen molar-refractivity contribution in [3.63, 3.8) is 0 Å². The number of amides is 3. The summed E-state index contributed by atoms with van der Waals surface area (Å²) in [5, 5.41) is 2.98. The second-order valence-electron chi connectivity index (χ2n) is 9.76. The van der Waals surface area contributed by atoms with Gasteiger partial charge in [0.05, 0.1) is 5.92 Å². The molecule has 0 bridgehead atoms. The second kappa shape index (κ2) is 10.3. The van der Waals surface area contributed by atoms with E-state index in [0.29, 0.717) is 32.7 Å². The van der Waals surface area contributed by atoms with Crippen molar-refractivity contribution >= 4 is 17.9 Å². The van der Waals surface area contributed by atoms with Crippen LogP contribution in [0.1, 0.15) is 38.3 Å². The molecule has 1 N–H and O–H groups in total. The third-order valence-electron chi connectivity index (χ3n) is 5.83. The number of hydrogen-bond acceptors (Lipinski definition) is 5. The standard InChI is InChI=1S/C24H36N4O4/c1-18-5-7-19(8-6-18)16-28-17-20(15-21(28)29)22(30)25-9-10-26-11-13-27(14-12-26)23(31)32-24(2,3)4/h5-8,20H,9-17H2,1-4H3,(H,25,30). The summed E-state index contributed by atoms with van der Waals surface area (Å²) >= 11 is 0. The molecule has 8 heteroatoms. The largest absolute Gasteiger partial charge is 0.444 e. The molecule has 8 nitrogen and oxygen atoms in total. The fourth-order valence-electron chi connectivity index (χ4n) is 3.98. The Bertz CT molecular complexity index is 810. The predicted molar refractivity (Wildman–Crippen MR) is 122 cm³/mol. The van der Waals surface area contributed by atoms with Crippen LogP contribution in [0.15, 0.2) is 24.3 Å². The van der Waals surface area contributed by atoms with Crippen molar-refractivity contribution in [1.29, 1.82) is 0 Å². The smallest absolute Gasteiger partial charge is 0.410 e. The second-order valence-corrected chi connectivity index (χ2v) is 9.76. The number of benzene rings is 1. The maximum atomic E-state index is 12.6. The number of ether oxygens (including phenoxy) is 1. The lowest BCUT2D eigenvalue weighted by Gasteiger charge is -2.35. The number of carbonyl (C=O) groups is 3. The van der Waals surface area contributed by atoms with Crippen molar-refractivity contribution in [2.24, 2.45) is 5.92 Å². The highest BCUT2D eigenvalue weighted by molar-refractivity contribution is 5.89. The quantitative estimate of drug-likeness (QED) is 0.726. The number of likely N-dealkylation sites (tertiary alicyclic amines) is 1. The van der Waals surface area contributed by atoms with Crippen LogP contribution in [0.3, 0.4) is 0 Å². The Morgan fingerprint density at radius 1 is 1.09 bits per heavy atom. The summed E-state index contributed by atoms with van der Waals surface area (Å²) < 4.78 is 5.42. The monoisotopic (exact) mass is 444 g/mol. The van der Waals surface area contributed by atoms with Crippen molar-refractivity contribution in [2.75, 3.05) is 45.8 Å². The van der Waals surface area contributed by atoms with E-state index in [4.69, 9.17) is 4.74 Å². The van der Waals surface area contributed by atoms with E-state index in [1.54, 1.807) is 9.80 Å². The summed E-state index contributed by atoms with van der Waals surface area (Å²) in [6, 6.07) is 8.12. The van der Waals surface area contributed by atoms with Crippen molar-refractivity contribution in [2.45, 2.75) is 46.3 Å². The highest BCUT2D eigenvalue weighted by Gasteiger charge is 2.34. The van der Waals surface area contributed by atoms with Crippen molar-refractivity contribution in [1.82, 2.24) is 20.0 Å². The molecule has 1 atom stereocenters. The lowest BCUT2D eigenvalue weighted by atomic mass is 10.1. The zero-order chi connectivity index (χ0) is 23.3. The van der Waals surface area contributed by atoms with Crippen molar-refractivity contribution < 1.29 is 19.1 Å². The predicted octanol–water partition coefficient (Wildman–Crippen LogP) is 2.01. The lowest BCUT2D eigenvalue weighted by molar-refractivity contribution is -0.129. The Kier molecular flexibility index (Phi) is 7.77. The zero-order valence-corrected chi connectivity index (χ0v) is 19.7. The number of nitrogens with one attached hydrogen (secondary N) is 1. The van der Waals surface area contributed by atoms with Crippen LogP contribution >= 0.6 is 0 Å². The van der Waals surface area contributed by atoms with Gasteiger partial charge in [0.1, 0.15) is 5.60 Å². The van der Waals surface area contributed by atoms with Gasteiger partial charge in [-0.25, -0.2) is 4.79 Å². The Balaban J connectivity index is 1.35. The minimum absolute atomic E-state index is 0.0315. The summed E-state index contributed by atoms with van der Waals surface area (Å²) in [7, 11) is 0. The van der Waals surface area contributed by atoms with Gasteiger partial charge in [0.2, 0.25) is 11.8 Å². The fraction of sp³-hybridized carbons (Fsp3) is 0.625. The van der Waals surface area contributed by atoms with Gasteiger partial charge in [-0.05, 0) is 33.3 Å². The molecule has 0 saturated carbocycles. The average molecular weight is 445 g/mol. The van der Waals surface area contributed by atoms with Gasteiger partial charge in [0, 0.05) is 58.8 Å². The lowest BCUT2D eigenvalue weighted by Crippen LogP contribution is -2.51. The molecule has 3 rings (SSSR count). The summed E-state index contributed by atoms with van der Waals surface area (Å²) in [5.74, 6) is -0.321. The molecule has 1 aromatic carbocycles. The third kappa shape index (κ3) is 6.95. The van der Waals surface area contributed by atoms with Crippen molar-refractivity contribution in [3.05, 3.63) is 35.4 Å². The summed E-state index contributed by atoms with van der Waals surface area (Å²) in [6.45, 7) is 12.6. The Hall–Kier alpha value is -2.61. The van der Waals surface area contributed by atoms with Gasteiger partial charge < -0.3 is 19.9 Å². The van der Waals surface area contributed by atoms with E-state index in [1.807, 2.05) is 52.0 Å². The molecule has 1 unspecified atom stereocenters.